The molecule has 6 nitrogen and oxygen atoms in total. The SMILES string of the molecule is Cc1cccc2sc(NC(=O)c3cc(S(=O)(=O)NC(C)C)ccc3Cl)nc12. The fraction of sp³-hybridized carbons (Fsp3) is 0.222. The number of anilines is 1. The average molecular weight is 424 g/mol. The first kappa shape index (κ1) is 19.8. The van der Waals surface area contributed by atoms with Crippen LogP contribution in [0.4, 0.5) is 5.13 Å². The molecule has 9 heteroatoms. The van der Waals surface area contributed by atoms with E-state index in [1.54, 1.807) is 13.8 Å². The van der Waals surface area contributed by atoms with Crippen molar-refractivity contribution in [2.45, 2.75) is 31.7 Å². The van der Waals surface area contributed by atoms with Crippen LogP contribution < -0.4 is 10.0 Å². The number of halogens is 1. The number of para-hydroxylation sites is 1. The zero-order valence-electron chi connectivity index (χ0n) is 14.9. The molecule has 0 spiro atoms. The van der Waals surface area contributed by atoms with Crippen molar-refractivity contribution >= 4 is 54.2 Å². The van der Waals surface area contributed by atoms with Crippen molar-refractivity contribution in [2.24, 2.45) is 0 Å². The number of fused-ring (bicyclic) bond motifs is 1. The summed E-state index contributed by atoms with van der Waals surface area (Å²) < 4.78 is 28.1. The second-order valence-corrected chi connectivity index (χ2v) is 9.46. The Bertz CT molecular complexity index is 1120. The van der Waals surface area contributed by atoms with Crippen LogP contribution in [0.15, 0.2) is 41.3 Å². The molecule has 1 heterocycles. The van der Waals surface area contributed by atoms with E-state index < -0.39 is 15.9 Å². The van der Waals surface area contributed by atoms with Crippen LogP contribution >= 0.6 is 22.9 Å². The van der Waals surface area contributed by atoms with Gasteiger partial charge in [0.2, 0.25) is 10.0 Å². The molecule has 0 saturated carbocycles. The molecule has 2 N–H and O–H groups in total. The molecule has 27 heavy (non-hydrogen) atoms. The van der Waals surface area contributed by atoms with Crippen molar-refractivity contribution in [3.05, 3.63) is 52.5 Å². The molecule has 0 radical (unpaired) electrons. The molecule has 3 rings (SSSR count). The molecule has 1 aromatic heterocycles. The molecule has 0 bridgehead atoms. The third kappa shape index (κ3) is 4.30. The Morgan fingerprint density at radius 1 is 1.22 bits per heavy atom. The van der Waals surface area contributed by atoms with Crippen molar-refractivity contribution in [2.75, 3.05) is 5.32 Å². The molecule has 2 aromatic carbocycles. The largest absolute Gasteiger partial charge is 0.298 e. The lowest BCUT2D eigenvalue weighted by Gasteiger charge is -2.11. The highest BCUT2D eigenvalue weighted by Crippen LogP contribution is 2.29. The van der Waals surface area contributed by atoms with Gasteiger partial charge in [-0.2, -0.15) is 0 Å². The van der Waals surface area contributed by atoms with Crippen LogP contribution in [-0.2, 0) is 10.0 Å². The van der Waals surface area contributed by atoms with Crippen molar-refractivity contribution in [1.82, 2.24) is 9.71 Å². The van der Waals surface area contributed by atoms with E-state index in [0.29, 0.717) is 5.13 Å². The molecule has 0 aliphatic carbocycles. The molecule has 0 aliphatic heterocycles. The van der Waals surface area contributed by atoms with Gasteiger partial charge in [-0.25, -0.2) is 18.1 Å². The number of carbonyl (C=O) groups excluding carboxylic acids is 1. The van der Waals surface area contributed by atoms with Crippen molar-refractivity contribution < 1.29 is 13.2 Å². The summed E-state index contributed by atoms with van der Waals surface area (Å²) in [6.45, 7) is 5.38. The lowest BCUT2D eigenvalue weighted by molar-refractivity contribution is 0.102. The van der Waals surface area contributed by atoms with E-state index >= 15 is 0 Å². The molecule has 1 amide bonds. The Hall–Kier alpha value is -2.00. The van der Waals surface area contributed by atoms with Gasteiger partial charge in [-0.05, 0) is 50.6 Å². The van der Waals surface area contributed by atoms with Gasteiger partial charge in [0.05, 0.1) is 25.7 Å². The van der Waals surface area contributed by atoms with E-state index in [2.05, 4.69) is 15.0 Å². The van der Waals surface area contributed by atoms with Gasteiger partial charge in [0.1, 0.15) is 0 Å². The van der Waals surface area contributed by atoms with Gasteiger partial charge in [0.25, 0.3) is 5.91 Å². The van der Waals surface area contributed by atoms with Crippen LogP contribution in [-0.4, -0.2) is 25.4 Å². The highest BCUT2D eigenvalue weighted by Gasteiger charge is 2.20. The number of nitrogens with one attached hydrogen (secondary N) is 2. The number of amides is 1. The number of thiazole rings is 1. The van der Waals surface area contributed by atoms with E-state index in [4.69, 9.17) is 11.6 Å². The Balaban J connectivity index is 1.92. The summed E-state index contributed by atoms with van der Waals surface area (Å²) in [6, 6.07) is 9.55. The lowest BCUT2D eigenvalue weighted by Crippen LogP contribution is -2.30. The van der Waals surface area contributed by atoms with Crippen LogP contribution in [0.5, 0.6) is 0 Å². The van der Waals surface area contributed by atoms with Crippen molar-refractivity contribution in [3.8, 4) is 0 Å². The van der Waals surface area contributed by atoms with Gasteiger partial charge < -0.3 is 0 Å². The standard InChI is InChI=1S/C18H18ClN3O3S2/c1-10(2)22-27(24,25)12-7-8-14(19)13(9-12)17(23)21-18-20-16-11(3)5-4-6-15(16)26-18/h4-10,22H,1-3H3,(H,20,21,23). The maximum Gasteiger partial charge on any atom is 0.259 e. The van der Waals surface area contributed by atoms with E-state index in [-0.39, 0.29) is 21.5 Å². The van der Waals surface area contributed by atoms with E-state index in [1.807, 2.05) is 25.1 Å². The quantitative estimate of drug-likeness (QED) is 0.643. The first-order valence-electron chi connectivity index (χ1n) is 8.17. The Morgan fingerprint density at radius 3 is 2.63 bits per heavy atom. The molecular formula is C18H18ClN3O3S2. The zero-order valence-corrected chi connectivity index (χ0v) is 17.3. The van der Waals surface area contributed by atoms with Crippen LogP contribution in [0.2, 0.25) is 5.02 Å². The number of hydrogen-bond acceptors (Lipinski definition) is 5. The normalized spacial score (nSPS) is 11.9. The third-order valence-corrected chi connectivity index (χ3v) is 6.65. The predicted molar refractivity (Wildman–Crippen MR) is 109 cm³/mol. The molecule has 3 aromatic rings. The van der Waals surface area contributed by atoms with Gasteiger partial charge in [-0.15, -0.1) is 0 Å². The summed E-state index contributed by atoms with van der Waals surface area (Å²) in [5, 5.41) is 3.29. The highest BCUT2D eigenvalue weighted by atomic mass is 35.5. The van der Waals surface area contributed by atoms with Gasteiger partial charge in [-0.3, -0.25) is 10.1 Å². The zero-order chi connectivity index (χ0) is 19.8. The highest BCUT2D eigenvalue weighted by molar-refractivity contribution is 7.89. The van der Waals surface area contributed by atoms with Crippen LogP contribution in [0.25, 0.3) is 10.2 Å². The fourth-order valence-corrected chi connectivity index (χ4v) is 4.95. The van der Waals surface area contributed by atoms with Crippen molar-refractivity contribution in [3.63, 3.8) is 0 Å². The molecule has 142 valence electrons. The minimum atomic E-state index is -3.73. The average Bonchev–Trinajstić information content (AvgIpc) is 2.97. The topological polar surface area (TPSA) is 88.2 Å². The van der Waals surface area contributed by atoms with Gasteiger partial charge >= 0.3 is 0 Å². The van der Waals surface area contributed by atoms with E-state index in [9.17, 15) is 13.2 Å². The van der Waals surface area contributed by atoms with Gasteiger partial charge in [0, 0.05) is 6.04 Å². The Morgan fingerprint density at radius 2 is 1.96 bits per heavy atom. The molecular weight excluding hydrogens is 406 g/mol. The van der Waals surface area contributed by atoms with E-state index in [1.165, 1.54) is 29.5 Å². The van der Waals surface area contributed by atoms with Gasteiger partial charge in [-0.1, -0.05) is 35.1 Å². The second kappa shape index (κ2) is 7.55. The molecule has 0 atom stereocenters. The summed E-state index contributed by atoms with van der Waals surface area (Å²) in [5.74, 6) is -0.515. The fourth-order valence-electron chi connectivity index (χ4n) is 2.53. The Labute approximate surface area is 166 Å². The number of sulfonamides is 1. The monoisotopic (exact) mass is 423 g/mol. The number of carbonyl (C=O) groups is 1. The van der Waals surface area contributed by atoms with Crippen LogP contribution in [0.3, 0.4) is 0 Å². The maximum absolute atomic E-state index is 12.7. The number of aryl methyl sites for hydroxylation is 1. The predicted octanol–water partition coefficient (Wildman–Crippen LogP) is 4.20. The summed E-state index contributed by atoms with van der Waals surface area (Å²) in [5.41, 5.74) is 1.90. The second-order valence-electron chi connectivity index (χ2n) is 6.31. The summed E-state index contributed by atoms with van der Waals surface area (Å²) in [4.78, 5) is 17.1. The number of hydrogen-bond donors (Lipinski definition) is 2. The molecule has 0 unspecified atom stereocenters. The first-order valence-corrected chi connectivity index (χ1v) is 10.8. The summed E-state index contributed by atoms with van der Waals surface area (Å²) >= 11 is 7.47. The number of aromatic nitrogens is 1. The lowest BCUT2D eigenvalue weighted by atomic mass is 10.2. The summed E-state index contributed by atoms with van der Waals surface area (Å²) in [6.07, 6.45) is 0. The first-order chi connectivity index (χ1) is 12.7. The van der Waals surface area contributed by atoms with Crippen molar-refractivity contribution in [1.29, 1.82) is 0 Å². The van der Waals surface area contributed by atoms with Crippen LogP contribution in [0, 0.1) is 6.92 Å². The smallest absolute Gasteiger partial charge is 0.259 e. The van der Waals surface area contributed by atoms with E-state index in [0.717, 1.165) is 15.8 Å². The molecule has 0 fully saturated rings. The minimum absolute atomic E-state index is 0.0223. The Kier molecular flexibility index (Phi) is 5.53. The molecule has 0 saturated heterocycles. The number of rotatable bonds is 5. The van der Waals surface area contributed by atoms with Gasteiger partial charge in [0.15, 0.2) is 5.13 Å². The number of benzene rings is 2. The maximum atomic E-state index is 12.7. The minimum Gasteiger partial charge on any atom is -0.298 e. The molecule has 0 aliphatic rings. The number of nitrogens with zero attached hydrogens (tertiary/aromatic N) is 1. The van der Waals surface area contributed by atoms with Crippen LogP contribution in [0.1, 0.15) is 29.8 Å². The third-order valence-electron chi connectivity index (χ3n) is 3.72. The summed E-state index contributed by atoms with van der Waals surface area (Å²) in [7, 11) is -3.73.